The first-order valence-corrected chi connectivity index (χ1v) is 9.30. The zero-order valence-electron chi connectivity index (χ0n) is 16.2. The van der Waals surface area contributed by atoms with Crippen LogP contribution in [0.4, 0.5) is 10.1 Å². The lowest BCUT2D eigenvalue weighted by Gasteiger charge is -2.07. The van der Waals surface area contributed by atoms with Gasteiger partial charge in [-0.25, -0.2) is 9.97 Å². The van der Waals surface area contributed by atoms with Gasteiger partial charge in [-0.2, -0.15) is 4.39 Å². The van der Waals surface area contributed by atoms with E-state index in [0.29, 0.717) is 12.3 Å². The fourth-order valence-electron chi connectivity index (χ4n) is 3.15. The van der Waals surface area contributed by atoms with Crippen LogP contribution in [0.3, 0.4) is 0 Å². The molecule has 3 heterocycles. The molecule has 2 N–H and O–H groups in total. The minimum Gasteiger partial charge on any atom is -0.381 e. The van der Waals surface area contributed by atoms with Crippen LogP contribution in [0.15, 0.2) is 73.2 Å². The zero-order chi connectivity index (χ0) is 20.9. The van der Waals surface area contributed by atoms with Crippen molar-refractivity contribution >= 4 is 22.6 Å². The number of carbonyl (C=O) groups excluding carboxylic acids is 1. The maximum absolute atomic E-state index is 13.2. The monoisotopic (exact) mass is 402 g/mol. The lowest BCUT2D eigenvalue weighted by Crippen LogP contribution is -2.08. The first-order chi connectivity index (χ1) is 14.6. The Hall–Kier alpha value is -3.84. The molecule has 0 aliphatic carbocycles. The van der Waals surface area contributed by atoms with E-state index in [-0.39, 0.29) is 5.91 Å². The van der Waals surface area contributed by atoms with Gasteiger partial charge in [-0.1, -0.05) is 18.2 Å². The highest BCUT2D eigenvalue weighted by atomic mass is 19.1. The quantitative estimate of drug-likeness (QED) is 0.366. The molecule has 0 aliphatic heterocycles. The SMILES string of the molecule is COCC=CC(=O)Nc1cccc(-c2cnc3[nH]cc(-c4ccc(F)nc4)c3c2)c1. The molecule has 0 fully saturated rings. The number of hydrogen-bond donors (Lipinski definition) is 2. The molecule has 1 amide bonds. The Labute approximate surface area is 172 Å². The van der Waals surface area contributed by atoms with Gasteiger partial charge in [0.25, 0.3) is 0 Å². The number of pyridine rings is 2. The van der Waals surface area contributed by atoms with Crippen LogP contribution in [0.5, 0.6) is 0 Å². The Kier molecular flexibility index (Phi) is 5.63. The number of amides is 1. The average molecular weight is 402 g/mol. The van der Waals surface area contributed by atoms with E-state index in [1.165, 1.54) is 18.3 Å². The maximum atomic E-state index is 13.2. The molecule has 0 spiro atoms. The van der Waals surface area contributed by atoms with E-state index in [4.69, 9.17) is 4.74 Å². The number of anilines is 1. The van der Waals surface area contributed by atoms with Gasteiger partial charge in [0.15, 0.2) is 0 Å². The van der Waals surface area contributed by atoms with Crippen molar-refractivity contribution in [2.45, 2.75) is 0 Å². The standard InChI is InChI=1S/C23H19FN4O2/c1-30-9-3-6-22(29)28-18-5-2-4-15(10-18)17-11-19-20(14-27-23(19)26-13-17)16-7-8-21(24)25-12-16/h2-8,10-14H,9H2,1H3,(H,26,27)(H,28,29). The molecule has 6 nitrogen and oxygen atoms in total. The minimum atomic E-state index is -0.520. The predicted octanol–water partition coefficient (Wildman–Crippen LogP) is 4.57. The summed E-state index contributed by atoms with van der Waals surface area (Å²) in [6.45, 7) is 0.377. The number of aromatic amines is 1. The van der Waals surface area contributed by atoms with Crippen molar-refractivity contribution in [1.29, 1.82) is 0 Å². The van der Waals surface area contributed by atoms with Crippen molar-refractivity contribution in [2.24, 2.45) is 0 Å². The smallest absolute Gasteiger partial charge is 0.248 e. The van der Waals surface area contributed by atoms with Crippen LogP contribution in [0.25, 0.3) is 33.3 Å². The van der Waals surface area contributed by atoms with E-state index < -0.39 is 5.95 Å². The molecular formula is C23H19FN4O2. The number of fused-ring (bicyclic) bond motifs is 1. The van der Waals surface area contributed by atoms with Gasteiger partial charge in [0, 0.05) is 59.5 Å². The van der Waals surface area contributed by atoms with Crippen molar-refractivity contribution < 1.29 is 13.9 Å². The summed E-state index contributed by atoms with van der Waals surface area (Å²) in [7, 11) is 1.57. The fourth-order valence-corrected chi connectivity index (χ4v) is 3.15. The van der Waals surface area contributed by atoms with Gasteiger partial charge in [0.2, 0.25) is 11.9 Å². The highest BCUT2D eigenvalue weighted by molar-refractivity contribution is 6.00. The van der Waals surface area contributed by atoms with Gasteiger partial charge in [0.05, 0.1) is 6.61 Å². The molecular weight excluding hydrogens is 383 g/mol. The summed E-state index contributed by atoms with van der Waals surface area (Å²) in [6, 6.07) is 12.6. The van der Waals surface area contributed by atoms with Crippen LogP contribution < -0.4 is 5.32 Å². The van der Waals surface area contributed by atoms with E-state index in [1.807, 2.05) is 36.5 Å². The molecule has 30 heavy (non-hydrogen) atoms. The normalized spacial score (nSPS) is 11.3. The van der Waals surface area contributed by atoms with Crippen LogP contribution in [0, 0.1) is 5.95 Å². The third-order valence-electron chi connectivity index (χ3n) is 4.57. The molecule has 0 atom stereocenters. The Morgan fingerprint density at radius 3 is 2.80 bits per heavy atom. The Morgan fingerprint density at radius 1 is 1.13 bits per heavy atom. The molecule has 1 aromatic carbocycles. The van der Waals surface area contributed by atoms with Gasteiger partial charge < -0.3 is 15.0 Å². The lowest BCUT2D eigenvalue weighted by molar-refractivity contribution is -0.111. The number of benzene rings is 1. The summed E-state index contributed by atoms with van der Waals surface area (Å²) in [5.41, 5.74) is 4.89. The molecule has 0 aliphatic rings. The van der Waals surface area contributed by atoms with E-state index in [9.17, 15) is 9.18 Å². The number of methoxy groups -OCH3 is 1. The van der Waals surface area contributed by atoms with Gasteiger partial charge in [-0.15, -0.1) is 0 Å². The maximum Gasteiger partial charge on any atom is 0.248 e. The molecule has 150 valence electrons. The predicted molar refractivity (Wildman–Crippen MR) is 114 cm³/mol. The highest BCUT2D eigenvalue weighted by Gasteiger charge is 2.10. The molecule has 0 saturated carbocycles. The first-order valence-electron chi connectivity index (χ1n) is 9.30. The average Bonchev–Trinajstić information content (AvgIpc) is 3.18. The van der Waals surface area contributed by atoms with Crippen molar-refractivity contribution in [3.63, 3.8) is 0 Å². The number of aromatic nitrogens is 3. The Balaban J connectivity index is 1.64. The largest absolute Gasteiger partial charge is 0.381 e. The molecule has 7 heteroatoms. The van der Waals surface area contributed by atoms with E-state index in [2.05, 4.69) is 20.3 Å². The zero-order valence-corrected chi connectivity index (χ0v) is 16.2. The van der Waals surface area contributed by atoms with Crippen molar-refractivity contribution in [3.8, 4) is 22.3 Å². The van der Waals surface area contributed by atoms with E-state index >= 15 is 0 Å². The number of ether oxygens (including phenoxy) is 1. The lowest BCUT2D eigenvalue weighted by atomic mass is 10.0. The topological polar surface area (TPSA) is 79.9 Å². The summed E-state index contributed by atoms with van der Waals surface area (Å²) in [6.07, 6.45) is 8.18. The summed E-state index contributed by atoms with van der Waals surface area (Å²) < 4.78 is 18.1. The molecule has 0 unspecified atom stereocenters. The molecule has 4 aromatic rings. The minimum absolute atomic E-state index is 0.227. The van der Waals surface area contributed by atoms with E-state index in [0.717, 1.165) is 33.3 Å². The summed E-state index contributed by atoms with van der Waals surface area (Å²) in [5, 5.41) is 3.73. The third-order valence-corrected chi connectivity index (χ3v) is 4.57. The highest BCUT2D eigenvalue weighted by Crippen LogP contribution is 2.31. The number of nitrogens with one attached hydrogen (secondary N) is 2. The van der Waals surface area contributed by atoms with Crippen molar-refractivity contribution in [3.05, 3.63) is 79.2 Å². The van der Waals surface area contributed by atoms with Crippen LogP contribution in [-0.4, -0.2) is 34.6 Å². The second-order valence-electron chi connectivity index (χ2n) is 6.62. The Morgan fingerprint density at radius 2 is 2.00 bits per heavy atom. The number of hydrogen-bond acceptors (Lipinski definition) is 4. The van der Waals surface area contributed by atoms with Crippen molar-refractivity contribution in [2.75, 3.05) is 19.0 Å². The number of nitrogens with zero attached hydrogens (tertiary/aromatic N) is 2. The summed E-state index contributed by atoms with van der Waals surface area (Å²) >= 11 is 0. The van der Waals surface area contributed by atoms with Crippen LogP contribution >= 0.6 is 0 Å². The summed E-state index contributed by atoms with van der Waals surface area (Å²) in [4.78, 5) is 23.4. The molecule has 0 saturated heterocycles. The number of halogens is 1. The van der Waals surface area contributed by atoms with Gasteiger partial charge in [-0.3, -0.25) is 4.79 Å². The number of H-pyrrole nitrogens is 1. The van der Waals surface area contributed by atoms with Gasteiger partial charge in [-0.05, 0) is 35.9 Å². The summed E-state index contributed by atoms with van der Waals surface area (Å²) in [5.74, 6) is -0.747. The molecule has 0 bridgehead atoms. The second-order valence-corrected chi connectivity index (χ2v) is 6.62. The van der Waals surface area contributed by atoms with Crippen LogP contribution in [-0.2, 0) is 9.53 Å². The number of rotatable bonds is 6. The van der Waals surface area contributed by atoms with Crippen LogP contribution in [0.2, 0.25) is 0 Å². The number of carbonyl (C=O) groups is 1. The van der Waals surface area contributed by atoms with Gasteiger partial charge in [0.1, 0.15) is 5.65 Å². The third kappa shape index (κ3) is 4.26. The fraction of sp³-hybridized carbons (Fsp3) is 0.0870. The second kappa shape index (κ2) is 8.67. The molecule has 3 aromatic heterocycles. The Bertz CT molecular complexity index is 1220. The molecule has 4 rings (SSSR count). The first kappa shape index (κ1) is 19.5. The molecule has 0 radical (unpaired) electrons. The van der Waals surface area contributed by atoms with Crippen LogP contribution in [0.1, 0.15) is 0 Å². The van der Waals surface area contributed by atoms with E-state index in [1.54, 1.807) is 25.4 Å². The van der Waals surface area contributed by atoms with Gasteiger partial charge >= 0.3 is 0 Å². The van der Waals surface area contributed by atoms with Crippen molar-refractivity contribution in [1.82, 2.24) is 15.0 Å².